The molecule has 2 aromatic rings. The molecule has 0 fully saturated rings. The van der Waals surface area contributed by atoms with Crippen molar-refractivity contribution >= 4 is 33.0 Å². The number of hydrogen-bond donors (Lipinski definition) is 1. The second kappa shape index (κ2) is 7.39. The van der Waals surface area contributed by atoms with Crippen molar-refractivity contribution in [1.82, 2.24) is 0 Å². The van der Waals surface area contributed by atoms with E-state index in [1.54, 1.807) is 18.2 Å². The average molecular weight is 401 g/mol. The molecule has 6 nitrogen and oxygen atoms in total. The number of hydrogen-bond acceptors (Lipinski definition) is 4. The summed E-state index contributed by atoms with van der Waals surface area (Å²) in [5.41, 5.74) is 2.03. The van der Waals surface area contributed by atoms with E-state index in [0.29, 0.717) is 5.69 Å². The Morgan fingerprint density at radius 1 is 1.11 bits per heavy atom. The molecule has 0 spiro atoms. The van der Waals surface area contributed by atoms with Gasteiger partial charge in [0.15, 0.2) is 9.84 Å². The van der Waals surface area contributed by atoms with Crippen LogP contribution in [-0.2, 0) is 25.8 Å². The van der Waals surface area contributed by atoms with E-state index in [1.165, 1.54) is 24.8 Å². The van der Waals surface area contributed by atoms with Crippen LogP contribution in [0.15, 0.2) is 53.4 Å². The van der Waals surface area contributed by atoms with Crippen molar-refractivity contribution in [2.24, 2.45) is 0 Å². The van der Waals surface area contributed by atoms with Crippen LogP contribution in [0.4, 0.5) is 11.4 Å². The fourth-order valence-electron chi connectivity index (χ4n) is 3.24. The van der Waals surface area contributed by atoms with Crippen molar-refractivity contribution in [3.05, 3.63) is 54.1 Å². The van der Waals surface area contributed by atoms with E-state index < -0.39 is 20.5 Å². The molecule has 0 atom stereocenters. The second-order valence-electron chi connectivity index (χ2n) is 7.49. The first-order valence-electron chi connectivity index (χ1n) is 9.18. The van der Waals surface area contributed by atoms with Crippen molar-refractivity contribution < 1.29 is 18.0 Å². The van der Waals surface area contributed by atoms with Crippen molar-refractivity contribution in [2.75, 3.05) is 16.8 Å². The Morgan fingerprint density at radius 3 is 2.39 bits per heavy atom. The normalized spacial score (nSPS) is 17.5. The predicted molar refractivity (Wildman–Crippen MR) is 109 cm³/mol. The van der Waals surface area contributed by atoms with E-state index in [0.717, 1.165) is 12.0 Å². The van der Waals surface area contributed by atoms with E-state index in [-0.39, 0.29) is 29.5 Å². The van der Waals surface area contributed by atoms with Gasteiger partial charge in [-0.1, -0.05) is 31.2 Å². The number of carbonyl (C=O) groups excluding carboxylic acids is 2. The Balaban J connectivity index is 1.90. The van der Waals surface area contributed by atoms with Gasteiger partial charge in [-0.3, -0.25) is 9.59 Å². The number of sulfone groups is 1. The van der Waals surface area contributed by atoms with Crippen LogP contribution in [0.3, 0.4) is 0 Å². The number of fused-ring (bicyclic) bond motifs is 1. The summed E-state index contributed by atoms with van der Waals surface area (Å²) in [5, 5.41) is 2.77. The molecule has 0 aromatic heterocycles. The topological polar surface area (TPSA) is 83.6 Å². The summed E-state index contributed by atoms with van der Waals surface area (Å²) in [7, 11) is -3.72. The monoisotopic (exact) mass is 400 g/mol. The van der Waals surface area contributed by atoms with Crippen molar-refractivity contribution in [2.45, 2.75) is 43.3 Å². The highest BCUT2D eigenvalue weighted by atomic mass is 32.2. The highest BCUT2D eigenvalue weighted by Gasteiger charge is 2.44. The van der Waals surface area contributed by atoms with Crippen LogP contribution in [0.25, 0.3) is 0 Å². The predicted octanol–water partition coefficient (Wildman–Crippen LogP) is 3.18. The second-order valence-corrected chi connectivity index (χ2v) is 10.0. The van der Waals surface area contributed by atoms with Crippen molar-refractivity contribution in [3.8, 4) is 0 Å². The van der Waals surface area contributed by atoms with Gasteiger partial charge in [-0.15, -0.1) is 0 Å². The number of nitrogens with one attached hydrogen (secondary N) is 1. The number of rotatable bonds is 4. The number of nitrogens with zero attached hydrogens (tertiary/aromatic N) is 1. The first-order valence-corrected chi connectivity index (χ1v) is 10.7. The summed E-state index contributed by atoms with van der Waals surface area (Å²) < 4.78 is 24.7. The molecule has 0 saturated carbocycles. The lowest BCUT2D eigenvalue weighted by Crippen LogP contribution is -2.40. The number of aryl methyl sites for hydroxylation is 1. The molecule has 1 N–H and O–H groups in total. The summed E-state index contributed by atoms with van der Waals surface area (Å²) in [6.45, 7) is 4.87. The molecule has 3 rings (SSSR count). The Bertz CT molecular complexity index is 1010. The molecule has 7 heteroatoms. The van der Waals surface area contributed by atoms with Gasteiger partial charge < -0.3 is 10.2 Å². The number of amides is 2. The Morgan fingerprint density at radius 2 is 1.75 bits per heavy atom. The van der Waals surface area contributed by atoms with E-state index in [1.807, 2.05) is 31.2 Å². The lowest BCUT2D eigenvalue weighted by molar-refractivity contribution is -0.121. The van der Waals surface area contributed by atoms with Crippen LogP contribution >= 0.6 is 0 Å². The van der Waals surface area contributed by atoms with Gasteiger partial charge in [0, 0.05) is 12.1 Å². The van der Waals surface area contributed by atoms with Gasteiger partial charge in [0.2, 0.25) is 11.8 Å². The fourth-order valence-corrected chi connectivity index (χ4v) is 4.86. The van der Waals surface area contributed by atoms with E-state index in [2.05, 4.69) is 5.32 Å². The zero-order valence-electron chi connectivity index (χ0n) is 16.2. The third kappa shape index (κ3) is 3.67. The van der Waals surface area contributed by atoms with Gasteiger partial charge in [0.1, 0.15) is 6.54 Å². The van der Waals surface area contributed by atoms with E-state index in [4.69, 9.17) is 0 Å². The molecular weight excluding hydrogens is 376 g/mol. The van der Waals surface area contributed by atoms with Gasteiger partial charge >= 0.3 is 0 Å². The maximum Gasteiger partial charge on any atom is 0.244 e. The summed E-state index contributed by atoms with van der Waals surface area (Å²) >= 11 is 0. The van der Waals surface area contributed by atoms with Gasteiger partial charge in [-0.05, 0) is 50.1 Å². The Labute approximate surface area is 165 Å². The number of carbonyl (C=O) groups is 2. The highest BCUT2D eigenvalue weighted by Crippen LogP contribution is 2.38. The lowest BCUT2D eigenvalue weighted by atomic mass is 10.1. The van der Waals surface area contributed by atoms with Gasteiger partial charge in [0.25, 0.3) is 0 Å². The zero-order valence-corrected chi connectivity index (χ0v) is 17.0. The molecule has 28 heavy (non-hydrogen) atoms. The Kier molecular flexibility index (Phi) is 5.30. The Hall–Kier alpha value is -2.67. The summed E-state index contributed by atoms with van der Waals surface area (Å²) in [4.78, 5) is 26.7. The third-order valence-electron chi connectivity index (χ3n) is 5.00. The van der Waals surface area contributed by atoms with Crippen LogP contribution in [0.5, 0.6) is 0 Å². The van der Waals surface area contributed by atoms with Crippen LogP contribution in [0.2, 0.25) is 0 Å². The molecule has 0 aliphatic carbocycles. The quantitative estimate of drug-likeness (QED) is 0.854. The van der Waals surface area contributed by atoms with E-state index >= 15 is 0 Å². The maximum absolute atomic E-state index is 13.0. The zero-order chi connectivity index (χ0) is 20.5. The van der Waals surface area contributed by atoms with Crippen molar-refractivity contribution in [1.29, 1.82) is 0 Å². The largest absolute Gasteiger partial charge is 0.325 e. The minimum atomic E-state index is -3.72. The fraction of sp³-hybridized carbons (Fsp3) is 0.333. The van der Waals surface area contributed by atoms with Gasteiger partial charge in [-0.25, -0.2) is 8.42 Å². The number of anilines is 2. The molecule has 2 amide bonds. The molecule has 148 valence electrons. The third-order valence-corrected chi connectivity index (χ3v) is 7.52. The minimum absolute atomic E-state index is 0.0750. The van der Waals surface area contributed by atoms with Crippen molar-refractivity contribution in [3.63, 3.8) is 0 Å². The molecule has 2 aromatic carbocycles. The molecule has 1 heterocycles. The molecule has 0 radical (unpaired) electrons. The molecule has 1 aliphatic heterocycles. The summed E-state index contributed by atoms with van der Waals surface area (Å²) in [6, 6.07) is 13.8. The molecule has 1 aliphatic rings. The van der Waals surface area contributed by atoms with Crippen LogP contribution in [0, 0.1) is 0 Å². The lowest BCUT2D eigenvalue weighted by Gasteiger charge is -2.22. The highest BCUT2D eigenvalue weighted by molar-refractivity contribution is 7.93. The van der Waals surface area contributed by atoms with Crippen LogP contribution < -0.4 is 10.2 Å². The average Bonchev–Trinajstić information content (AvgIpc) is 2.70. The number of para-hydroxylation sites is 1. The minimum Gasteiger partial charge on any atom is -0.325 e. The van der Waals surface area contributed by atoms with Crippen LogP contribution in [0.1, 0.15) is 32.8 Å². The molecule has 0 unspecified atom stereocenters. The SMILES string of the molecule is CCc1ccc(NC(=O)CN2C(=O)CC(C)(C)S(=O)(=O)c3ccccc32)cc1. The molecule has 0 bridgehead atoms. The smallest absolute Gasteiger partial charge is 0.244 e. The van der Waals surface area contributed by atoms with Gasteiger partial charge in [-0.2, -0.15) is 0 Å². The number of benzene rings is 2. The maximum atomic E-state index is 13.0. The first kappa shape index (κ1) is 20.1. The van der Waals surface area contributed by atoms with Gasteiger partial charge in [0.05, 0.1) is 15.3 Å². The van der Waals surface area contributed by atoms with E-state index in [9.17, 15) is 18.0 Å². The standard InChI is InChI=1S/C21H24N2O4S/c1-4-15-9-11-16(12-10-15)22-19(24)14-23-17-7-5-6-8-18(17)28(26,27)21(2,3)13-20(23)25/h5-12H,4,13-14H2,1-3H3,(H,22,24). The molecular formula is C21H24N2O4S. The summed E-state index contributed by atoms with van der Waals surface area (Å²) in [6.07, 6.45) is 0.708. The first-order chi connectivity index (χ1) is 13.2. The van der Waals surface area contributed by atoms with Crippen LogP contribution in [-0.4, -0.2) is 31.5 Å². The molecule has 0 saturated heterocycles. The summed E-state index contributed by atoms with van der Waals surface area (Å²) in [5.74, 6) is -0.778.